The first-order chi connectivity index (χ1) is 11.4. The zero-order chi connectivity index (χ0) is 17.7. The fourth-order valence-corrected chi connectivity index (χ4v) is 3.60. The topological polar surface area (TPSA) is 94.3 Å². The van der Waals surface area contributed by atoms with E-state index in [-0.39, 0.29) is 22.2 Å². The molecule has 0 spiro atoms. The summed E-state index contributed by atoms with van der Waals surface area (Å²) in [7, 11) is 0. The quantitative estimate of drug-likeness (QED) is 0.728. The van der Waals surface area contributed by atoms with Crippen molar-refractivity contribution in [3.05, 3.63) is 35.5 Å². The number of primary amides is 1. The van der Waals surface area contributed by atoms with Gasteiger partial charge in [0, 0.05) is 0 Å². The minimum absolute atomic E-state index is 0.0306. The Morgan fingerprint density at radius 2 is 2.12 bits per heavy atom. The summed E-state index contributed by atoms with van der Waals surface area (Å²) in [6.07, 6.45) is 0. The van der Waals surface area contributed by atoms with Crippen LogP contribution in [0.5, 0.6) is 5.75 Å². The van der Waals surface area contributed by atoms with Gasteiger partial charge in [0.05, 0.1) is 21.2 Å². The molecule has 0 aliphatic carbocycles. The van der Waals surface area contributed by atoms with E-state index in [9.17, 15) is 18.4 Å². The molecule has 1 heterocycles. The minimum atomic E-state index is -3.03. The number of rotatable bonds is 7. The highest BCUT2D eigenvalue weighted by atomic mass is 32.2. The third-order valence-corrected chi connectivity index (χ3v) is 5.13. The second-order valence-electron chi connectivity index (χ2n) is 4.48. The number of nitrogens with two attached hydrogens (primary N) is 1. The zero-order valence-corrected chi connectivity index (χ0v) is 14.0. The van der Waals surface area contributed by atoms with Crippen molar-refractivity contribution in [1.82, 2.24) is 4.98 Å². The number of thioether (sulfide) groups is 1. The molecule has 0 atom stereocenters. The largest absolute Gasteiger partial charge is 0.434 e. The van der Waals surface area contributed by atoms with Gasteiger partial charge >= 0.3 is 6.61 Å². The first-order valence-electron chi connectivity index (χ1n) is 6.60. The first-order valence-corrected chi connectivity index (χ1v) is 8.40. The minimum Gasteiger partial charge on any atom is -0.434 e. The van der Waals surface area contributed by atoms with E-state index < -0.39 is 18.4 Å². The Morgan fingerprint density at radius 3 is 2.79 bits per heavy atom. The number of ether oxygens (including phenoxy) is 1. The summed E-state index contributed by atoms with van der Waals surface area (Å²) in [5.41, 5.74) is 5.70. The van der Waals surface area contributed by atoms with Crippen LogP contribution in [0.15, 0.2) is 28.5 Å². The number of hydrogen-bond donors (Lipinski definition) is 2. The van der Waals surface area contributed by atoms with Gasteiger partial charge < -0.3 is 10.5 Å². The van der Waals surface area contributed by atoms with Gasteiger partial charge in [0.15, 0.2) is 5.13 Å². The highest BCUT2D eigenvalue weighted by Crippen LogP contribution is 2.32. The Labute approximate surface area is 144 Å². The third kappa shape index (κ3) is 4.90. The summed E-state index contributed by atoms with van der Waals surface area (Å²) in [6.45, 7) is -1.30. The third-order valence-electron chi connectivity index (χ3n) is 2.67. The molecule has 0 bridgehead atoms. The van der Waals surface area contributed by atoms with Crippen LogP contribution < -0.4 is 15.8 Å². The van der Waals surface area contributed by atoms with Crippen LogP contribution in [0.2, 0.25) is 0 Å². The summed E-state index contributed by atoms with van der Waals surface area (Å²) in [5, 5.41) is 2.82. The van der Waals surface area contributed by atoms with Gasteiger partial charge in [-0.25, -0.2) is 4.98 Å². The monoisotopic (exact) mass is 373 g/mol. The molecule has 0 saturated carbocycles. The number of para-hydroxylation sites is 1. The lowest BCUT2D eigenvalue weighted by Crippen LogP contribution is -2.14. The lowest BCUT2D eigenvalue weighted by Gasteiger charge is -2.09. The van der Waals surface area contributed by atoms with Crippen LogP contribution in [0.1, 0.15) is 16.1 Å². The number of halogens is 2. The molecule has 1 aromatic heterocycles. The predicted octanol–water partition coefficient (Wildman–Crippen LogP) is 2.88. The molecular weight excluding hydrogens is 360 g/mol. The van der Waals surface area contributed by atoms with Crippen LogP contribution in [0.25, 0.3) is 0 Å². The second-order valence-corrected chi connectivity index (χ2v) is 6.72. The van der Waals surface area contributed by atoms with Crippen molar-refractivity contribution < 1.29 is 23.1 Å². The van der Waals surface area contributed by atoms with E-state index in [0.29, 0.717) is 5.69 Å². The van der Waals surface area contributed by atoms with Crippen molar-refractivity contribution >= 4 is 40.0 Å². The molecule has 0 radical (unpaired) electrons. The molecule has 2 aromatic rings. The average molecular weight is 373 g/mol. The Hall–Kier alpha value is -2.20. The summed E-state index contributed by atoms with van der Waals surface area (Å²) in [5.74, 6) is -1.20. The molecule has 0 fully saturated rings. The number of aromatic nitrogens is 1. The van der Waals surface area contributed by atoms with Gasteiger partial charge in [-0.1, -0.05) is 23.5 Å². The highest BCUT2D eigenvalue weighted by Gasteiger charge is 2.17. The zero-order valence-electron chi connectivity index (χ0n) is 12.4. The molecule has 0 unspecified atom stereocenters. The van der Waals surface area contributed by atoms with E-state index in [2.05, 4.69) is 15.0 Å². The summed E-state index contributed by atoms with van der Waals surface area (Å²) in [6, 6.07) is 5.67. The first kappa shape index (κ1) is 18.1. The predicted molar refractivity (Wildman–Crippen MR) is 87.8 cm³/mol. The molecule has 1 aromatic carbocycles. The second kappa shape index (κ2) is 8.06. The molecule has 0 aliphatic rings. The van der Waals surface area contributed by atoms with Gasteiger partial charge in [-0.3, -0.25) is 14.9 Å². The van der Waals surface area contributed by atoms with E-state index in [0.717, 1.165) is 4.21 Å². The smallest absolute Gasteiger partial charge is 0.387 e. The van der Waals surface area contributed by atoms with Gasteiger partial charge in [0.25, 0.3) is 5.91 Å². The van der Waals surface area contributed by atoms with E-state index >= 15 is 0 Å². The van der Waals surface area contributed by atoms with Crippen molar-refractivity contribution in [3.63, 3.8) is 0 Å². The lowest BCUT2D eigenvalue weighted by atomic mass is 10.2. The summed E-state index contributed by atoms with van der Waals surface area (Å²) in [4.78, 5) is 27.2. The molecule has 0 saturated heterocycles. The molecule has 6 nitrogen and oxygen atoms in total. The summed E-state index contributed by atoms with van der Waals surface area (Å²) < 4.78 is 29.9. The van der Waals surface area contributed by atoms with Crippen LogP contribution in [0.4, 0.5) is 13.9 Å². The Morgan fingerprint density at radius 1 is 1.42 bits per heavy atom. The molecule has 0 aliphatic heterocycles. The molecular formula is C14H13F2N3O3S2. The van der Waals surface area contributed by atoms with E-state index in [1.807, 2.05) is 0 Å². The highest BCUT2D eigenvalue weighted by molar-refractivity contribution is 8.01. The fourth-order valence-electron chi connectivity index (χ4n) is 1.72. The number of thiazole rings is 1. The van der Waals surface area contributed by atoms with Gasteiger partial charge in [-0.15, -0.1) is 11.8 Å². The van der Waals surface area contributed by atoms with Crippen LogP contribution in [-0.4, -0.2) is 29.2 Å². The van der Waals surface area contributed by atoms with Crippen LogP contribution in [0.3, 0.4) is 0 Å². The van der Waals surface area contributed by atoms with Crippen molar-refractivity contribution in [2.45, 2.75) is 17.7 Å². The van der Waals surface area contributed by atoms with Gasteiger partial charge in [0.2, 0.25) is 5.91 Å². The molecule has 128 valence electrons. The van der Waals surface area contributed by atoms with E-state index in [1.54, 1.807) is 6.92 Å². The Kier molecular flexibility index (Phi) is 6.10. The maximum atomic E-state index is 12.4. The number of carbonyl (C=O) groups is 2. The van der Waals surface area contributed by atoms with Crippen LogP contribution in [0, 0.1) is 6.92 Å². The van der Waals surface area contributed by atoms with Gasteiger partial charge in [-0.2, -0.15) is 8.78 Å². The van der Waals surface area contributed by atoms with Gasteiger partial charge in [0.1, 0.15) is 5.75 Å². The SMILES string of the molecule is Cc1nc(NC(=O)c2ccccc2OC(F)F)sc1SCC(N)=O. The number of anilines is 1. The van der Waals surface area contributed by atoms with Crippen LogP contribution in [-0.2, 0) is 4.79 Å². The number of alkyl halides is 2. The number of nitrogens with zero attached hydrogens (tertiary/aromatic N) is 1. The van der Waals surface area contributed by atoms with Crippen molar-refractivity contribution in [1.29, 1.82) is 0 Å². The molecule has 10 heteroatoms. The number of nitrogens with one attached hydrogen (secondary N) is 1. The molecule has 24 heavy (non-hydrogen) atoms. The number of hydrogen-bond acceptors (Lipinski definition) is 6. The van der Waals surface area contributed by atoms with E-state index in [4.69, 9.17) is 5.73 Å². The van der Waals surface area contributed by atoms with E-state index in [1.165, 1.54) is 47.4 Å². The number of amides is 2. The summed E-state index contributed by atoms with van der Waals surface area (Å²) >= 11 is 2.38. The maximum absolute atomic E-state index is 12.4. The van der Waals surface area contributed by atoms with Crippen molar-refractivity contribution in [2.75, 3.05) is 11.1 Å². The molecule has 2 rings (SSSR count). The normalized spacial score (nSPS) is 10.7. The number of aryl methyl sites for hydroxylation is 1. The Balaban J connectivity index is 2.13. The van der Waals surface area contributed by atoms with Crippen molar-refractivity contribution in [3.8, 4) is 5.75 Å². The average Bonchev–Trinajstić information content (AvgIpc) is 2.84. The molecule has 3 N–H and O–H groups in total. The maximum Gasteiger partial charge on any atom is 0.387 e. The Bertz CT molecular complexity index is 753. The molecule has 2 amide bonds. The number of carbonyl (C=O) groups excluding carboxylic acids is 2. The lowest BCUT2D eigenvalue weighted by molar-refractivity contribution is -0.115. The van der Waals surface area contributed by atoms with Gasteiger partial charge in [-0.05, 0) is 19.1 Å². The standard InChI is InChI=1S/C14H13F2N3O3S2/c1-7-12(23-6-10(17)20)24-14(18-7)19-11(21)8-4-2-3-5-9(8)22-13(15)16/h2-5,13H,6H2,1H3,(H2,17,20)(H,18,19,21). The van der Waals surface area contributed by atoms with Crippen molar-refractivity contribution in [2.24, 2.45) is 5.73 Å². The van der Waals surface area contributed by atoms with Crippen LogP contribution >= 0.6 is 23.1 Å². The fraction of sp³-hybridized carbons (Fsp3) is 0.214. The number of benzene rings is 1.